The lowest BCUT2D eigenvalue weighted by Gasteiger charge is -2.41. The standard InChI is InChI=1S/C40H26N3OS/c1-24-37(27-21-19-26(20-22-27)25-10-3-2-4-11-25)45-39-40-35-31(42(24)39)15-7-17-33(35)44-34-18-8-16-32(36(34)40)43-30-14-6-5-12-28(30)29-13-9-23-41(40)38(29)43/h2-23,39H,1H3/q+1. The SMILES string of the molecule is CC1=C(c2ccc(-c3ccccc3)cc2)SC2N1c1cccc3c1C21c2c(cccc2-n2c4ccccc4c4ccc[n+]1c42)O3. The van der Waals surface area contributed by atoms with Crippen molar-refractivity contribution >= 4 is 44.3 Å². The summed E-state index contributed by atoms with van der Waals surface area (Å²) in [6.07, 6.45) is 2.30. The maximum Gasteiger partial charge on any atom is 0.296 e. The third-order valence-electron chi connectivity index (χ3n) is 10.3. The zero-order valence-electron chi connectivity index (χ0n) is 24.4. The molecule has 7 aromatic rings. The highest BCUT2D eigenvalue weighted by molar-refractivity contribution is 8.09. The first-order valence-corrected chi connectivity index (χ1v) is 16.4. The number of anilines is 1. The van der Waals surface area contributed by atoms with E-state index >= 15 is 0 Å². The van der Waals surface area contributed by atoms with Gasteiger partial charge in [0.2, 0.25) is 5.54 Å². The molecule has 0 fully saturated rings. The number of ether oxygens (including phenoxy) is 1. The Labute approximate surface area is 264 Å². The zero-order chi connectivity index (χ0) is 29.4. The third kappa shape index (κ3) is 2.76. The molecule has 2 aromatic heterocycles. The van der Waals surface area contributed by atoms with Crippen LogP contribution in [0.4, 0.5) is 5.69 Å². The monoisotopic (exact) mass is 596 g/mol. The van der Waals surface area contributed by atoms with E-state index in [2.05, 4.69) is 155 Å². The average Bonchev–Trinajstić information content (AvgIpc) is 3.72. The normalized spacial score (nSPS) is 19.9. The lowest BCUT2D eigenvalue weighted by atomic mass is 9.78. The summed E-state index contributed by atoms with van der Waals surface area (Å²) in [5.41, 5.74) is 11.9. The van der Waals surface area contributed by atoms with Crippen LogP contribution in [0.25, 0.3) is 43.7 Å². The molecular weight excluding hydrogens is 571 g/mol. The molecule has 0 bridgehead atoms. The van der Waals surface area contributed by atoms with Crippen LogP contribution in [0.1, 0.15) is 23.6 Å². The molecular formula is C40H26N3OS+. The van der Waals surface area contributed by atoms with Crippen molar-refractivity contribution in [1.82, 2.24) is 4.57 Å². The van der Waals surface area contributed by atoms with Gasteiger partial charge < -0.3 is 9.64 Å². The highest BCUT2D eigenvalue weighted by atomic mass is 32.2. The van der Waals surface area contributed by atoms with E-state index in [9.17, 15) is 0 Å². The van der Waals surface area contributed by atoms with Crippen molar-refractivity contribution in [2.24, 2.45) is 0 Å². The van der Waals surface area contributed by atoms with E-state index in [1.54, 1.807) is 0 Å². The predicted molar refractivity (Wildman–Crippen MR) is 182 cm³/mol. The summed E-state index contributed by atoms with van der Waals surface area (Å²) in [4.78, 5) is 3.91. The van der Waals surface area contributed by atoms with Crippen LogP contribution in [0.15, 0.2) is 139 Å². The van der Waals surface area contributed by atoms with Crippen LogP contribution in [-0.2, 0) is 5.54 Å². The molecule has 11 rings (SSSR count). The van der Waals surface area contributed by atoms with Gasteiger partial charge in [-0.3, -0.25) is 0 Å². The molecule has 5 aromatic carbocycles. The van der Waals surface area contributed by atoms with Gasteiger partial charge in [-0.15, -0.1) is 0 Å². The second-order valence-electron chi connectivity index (χ2n) is 12.3. The Morgan fingerprint density at radius 1 is 0.644 bits per heavy atom. The van der Waals surface area contributed by atoms with E-state index in [1.807, 2.05) is 11.8 Å². The smallest absolute Gasteiger partial charge is 0.296 e. The number of pyridine rings is 1. The van der Waals surface area contributed by atoms with Gasteiger partial charge in [0, 0.05) is 16.0 Å². The minimum atomic E-state index is -0.488. The summed E-state index contributed by atoms with van der Waals surface area (Å²) in [7, 11) is 0. The van der Waals surface area contributed by atoms with E-state index in [0.717, 1.165) is 11.5 Å². The van der Waals surface area contributed by atoms with Gasteiger partial charge in [-0.2, -0.15) is 4.57 Å². The fraction of sp³-hybridized carbons (Fsp3) is 0.0750. The average molecular weight is 597 g/mol. The van der Waals surface area contributed by atoms with Gasteiger partial charge in [0.05, 0.1) is 28.4 Å². The minimum absolute atomic E-state index is 0.0728. The van der Waals surface area contributed by atoms with E-state index in [4.69, 9.17) is 4.74 Å². The largest absolute Gasteiger partial charge is 0.456 e. The van der Waals surface area contributed by atoms with Crippen molar-refractivity contribution in [1.29, 1.82) is 0 Å². The Bertz CT molecular complexity index is 2460. The summed E-state index contributed by atoms with van der Waals surface area (Å²) >= 11 is 1.99. The number of benzene rings is 5. The van der Waals surface area contributed by atoms with E-state index in [1.165, 1.54) is 71.7 Å². The van der Waals surface area contributed by atoms with Gasteiger partial charge in [-0.1, -0.05) is 90.6 Å². The van der Waals surface area contributed by atoms with Crippen LogP contribution >= 0.6 is 11.8 Å². The van der Waals surface area contributed by atoms with Crippen LogP contribution in [0.3, 0.4) is 0 Å². The molecule has 5 heteroatoms. The van der Waals surface area contributed by atoms with Crippen molar-refractivity contribution in [3.63, 3.8) is 0 Å². The van der Waals surface area contributed by atoms with Gasteiger partial charge in [0.25, 0.3) is 5.65 Å². The van der Waals surface area contributed by atoms with Crippen LogP contribution in [0.5, 0.6) is 11.5 Å². The molecule has 0 saturated carbocycles. The second-order valence-corrected chi connectivity index (χ2v) is 13.4. The number of fused-ring (bicyclic) bond motifs is 6. The highest BCUT2D eigenvalue weighted by Crippen LogP contribution is 2.66. The molecule has 0 saturated heterocycles. The summed E-state index contributed by atoms with van der Waals surface area (Å²) in [6, 6.07) is 46.2. The number of para-hydroxylation sites is 1. The molecule has 4 aliphatic rings. The molecule has 0 radical (unpaired) electrons. The van der Waals surface area contributed by atoms with Gasteiger partial charge in [-0.25, -0.2) is 4.57 Å². The maximum atomic E-state index is 6.80. The van der Waals surface area contributed by atoms with Crippen LogP contribution < -0.4 is 14.2 Å². The minimum Gasteiger partial charge on any atom is -0.456 e. The molecule has 4 aliphatic heterocycles. The number of hydrogen-bond acceptors (Lipinski definition) is 3. The quantitative estimate of drug-likeness (QED) is 0.186. The Kier molecular flexibility index (Phi) is 4.42. The summed E-state index contributed by atoms with van der Waals surface area (Å²) in [5.74, 6) is 1.88. The number of nitrogens with zero attached hydrogens (tertiary/aromatic N) is 3. The van der Waals surface area contributed by atoms with Crippen molar-refractivity contribution in [2.75, 3.05) is 4.90 Å². The maximum absolute atomic E-state index is 6.80. The molecule has 0 amide bonds. The van der Waals surface area contributed by atoms with Crippen LogP contribution in [0, 0.1) is 0 Å². The Hall–Kier alpha value is -5.26. The Morgan fingerprint density at radius 2 is 1.31 bits per heavy atom. The first-order valence-electron chi connectivity index (χ1n) is 15.5. The molecule has 6 heterocycles. The third-order valence-corrected chi connectivity index (χ3v) is 11.8. The van der Waals surface area contributed by atoms with Crippen LogP contribution in [0.2, 0.25) is 0 Å². The topological polar surface area (TPSA) is 21.3 Å². The molecule has 0 N–H and O–H groups in total. The molecule has 4 nitrogen and oxygen atoms in total. The van der Waals surface area contributed by atoms with Gasteiger partial charge in [-0.05, 0) is 72.1 Å². The fourth-order valence-electron chi connectivity index (χ4n) is 8.53. The van der Waals surface area contributed by atoms with Crippen molar-refractivity contribution in [3.05, 3.63) is 156 Å². The lowest BCUT2D eigenvalue weighted by Crippen LogP contribution is -2.66. The molecule has 2 atom stereocenters. The number of allylic oxidation sites excluding steroid dienone is 1. The first-order chi connectivity index (χ1) is 22.2. The molecule has 0 aliphatic carbocycles. The van der Waals surface area contributed by atoms with Gasteiger partial charge in [0.1, 0.15) is 28.1 Å². The molecule has 1 spiro atoms. The predicted octanol–water partition coefficient (Wildman–Crippen LogP) is 9.23. The summed E-state index contributed by atoms with van der Waals surface area (Å²) < 4.78 is 11.8. The highest BCUT2D eigenvalue weighted by Gasteiger charge is 2.67. The van der Waals surface area contributed by atoms with Crippen molar-refractivity contribution in [2.45, 2.75) is 17.8 Å². The number of aromatic nitrogens is 2. The number of thioether (sulfide) groups is 1. The Morgan fingerprint density at radius 3 is 2.13 bits per heavy atom. The number of hydrogen-bond donors (Lipinski definition) is 0. The molecule has 45 heavy (non-hydrogen) atoms. The Balaban J connectivity index is 1.20. The number of rotatable bonds is 2. The molecule has 2 unspecified atom stereocenters. The van der Waals surface area contributed by atoms with E-state index < -0.39 is 5.54 Å². The first kappa shape index (κ1) is 24.1. The fourth-order valence-corrected chi connectivity index (χ4v) is 10.2. The zero-order valence-corrected chi connectivity index (χ0v) is 25.3. The van der Waals surface area contributed by atoms with Crippen molar-refractivity contribution in [3.8, 4) is 28.3 Å². The van der Waals surface area contributed by atoms with Gasteiger partial charge in [0.15, 0.2) is 0 Å². The molecule has 212 valence electrons. The van der Waals surface area contributed by atoms with E-state index in [-0.39, 0.29) is 5.37 Å². The van der Waals surface area contributed by atoms with E-state index in [0.29, 0.717) is 0 Å². The van der Waals surface area contributed by atoms with Gasteiger partial charge >= 0.3 is 0 Å². The van der Waals surface area contributed by atoms with Crippen LogP contribution in [-0.4, -0.2) is 9.94 Å². The second kappa shape index (κ2) is 8.26. The summed E-state index contributed by atoms with van der Waals surface area (Å²) in [5, 5.41) is 2.61. The summed E-state index contributed by atoms with van der Waals surface area (Å²) in [6.45, 7) is 2.29. The van der Waals surface area contributed by atoms with Crippen molar-refractivity contribution < 1.29 is 9.30 Å². The lowest BCUT2D eigenvalue weighted by molar-refractivity contribution is -0.722.